The number of aryl methyl sites for hydroxylation is 1. The van der Waals surface area contributed by atoms with Crippen LogP contribution in [0, 0.1) is 0 Å². The SMILES string of the molecule is CCc1cccnc1-c1ncccc1C(C)C. The van der Waals surface area contributed by atoms with Gasteiger partial charge in [0.15, 0.2) is 0 Å². The van der Waals surface area contributed by atoms with E-state index in [0.29, 0.717) is 5.92 Å². The molecule has 17 heavy (non-hydrogen) atoms. The Bertz CT molecular complexity index is 504. The van der Waals surface area contributed by atoms with Crippen molar-refractivity contribution in [3.8, 4) is 11.4 Å². The molecule has 88 valence electrons. The molecule has 0 saturated carbocycles. The van der Waals surface area contributed by atoms with Crippen molar-refractivity contribution in [1.82, 2.24) is 9.97 Å². The standard InChI is InChI=1S/C15H18N2/c1-4-12-7-5-9-16-14(12)15-13(11(2)3)8-6-10-17-15/h5-11H,4H2,1-3H3. The van der Waals surface area contributed by atoms with Crippen molar-refractivity contribution in [3.63, 3.8) is 0 Å². The number of hydrogen-bond donors (Lipinski definition) is 0. The number of hydrogen-bond acceptors (Lipinski definition) is 2. The van der Waals surface area contributed by atoms with Crippen LogP contribution in [0.25, 0.3) is 11.4 Å². The van der Waals surface area contributed by atoms with Crippen molar-refractivity contribution >= 4 is 0 Å². The molecule has 0 fully saturated rings. The third-order valence-corrected chi connectivity index (χ3v) is 2.96. The van der Waals surface area contributed by atoms with Crippen LogP contribution >= 0.6 is 0 Å². The normalized spacial score (nSPS) is 10.8. The Labute approximate surface area is 103 Å². The predicted octanol–water partition coefficient (Wildman–Crippen LogP) is 3.83. The van der Waals surface area contributed by atoms with Gasteiger partial charge in [-0.15, -0.1) is 0 Å². The first-order chi connectivity index (χ1) is 8.24. The fraction of sp³-hybridized carbons (Fsp3) is 0.333. The molecule has 0 aliphatic heterocycles. The summed E-state index contributed by atoms with van der Waals surface area (Å²) in [6.45, 7) is 6.53. The van der Waals surface area contributed by atoms with E-state index in [0.717, 1.165) is 17.8 Å². The molecule has 0 bridgehead atoms. The maximum absolute atomic E-state index is 4.52. The van der Waals surface area contributed by atoms with E-state index in [2.05, 4.69) is 42.9 Å². The van der Waals surface area contributed by atoms with E-state index in [-0.39, 0.29) is 0 Å². The fourth-order valence-electron chi connectivity index (χ4n) is 2.02. The van der Waals surface area contributed by atoms with Gasteiger partial charge in [0, 0.05) is 12.4 Å². The summed E-state index contributed by atoms with van der Waals surface area (Å²) in [7, 11) is 0. The lowest BCUT2D eigenvalue weighted by Crippen LogP contribution is -1.99. The van der Waals surface area contributed by atoms with E-state index < -0.39 is 0 Å². The van der Waals surface area contributed by atoms with Crippen molar-refractivity contribution in [3.05, 3.63) is 47.8 Å². The molecule has 0 aliphatic carbocycles. The van der Waals surface area contributed by atoms with Crippen molar-refractivity contribution in [2.24, 2.45) is 0 Å². The highest BCUT2D eigenvalue weighted by molar-refractivity contribution is 5.63. The fourth-order valence-corrected chi connectivity index (χ4v) is 2.02. The summed E-state index contributed by atoms with van der Waals surface area (Å²) in [6.07, 6.45) is 4.67. The molecule has 2 aromatic heterocycles. The zero-order chi connectivity index (χ0) is 12.3. The van der Waals surface area contributed by atoms with Crippen LogP contribution in [-0.4, -0.2) is 9.97 Å². The number of rotatable bonds is 3. The molecule has 0 N–H and O–H groups in total. The molecular formula is C15H18N2. The largest absolute Gasteiger partial charge is 0.254 e. The Balaban J connectivity index is 2.60. The first-order valence-corrected chi connectivity index (χ1v) is 6.13. The molecule has 0 atom stereocenters. The molecule has 0 saturated heterocycles. The minimum absolute atomic E-state index is 0.463. The van der Waals surface area contributed by atoms with Crippen LogP contribution in [0.4, 0.5) is 0 Å². The molecule has 0 aromatic carbocycles. The van der Waals surface area contributed by atoms with Gasteiger partial charge in [-0.1, -0.05) is 32.9 Å². The number of nitrogens with zero attached hydrogens (tertiary/aromatic N) is 2. The molecular weight excluding hydrogens is 208 g/mol. The van der Waals surface area contributed by atoms with Crippen LogP contribution in [0.5, 0.6) is 0 Å². The molecule has 2 rings (SSSR count). The smallest absolute Gasteiger partial charge is 0.0923 e. The van der Waals surface area contributed by atoms with Gasteiger partial charge < -0.3 is 0 Å². The maximum Gasteiger partial charge on any atom is 0.0923 e. The molecule has 2 heteroatoms. The van der Waals surface area contributed by atoms with E-state index >= 15 is 0 Å². The lowest BCUT2D eigenvalue weighted by atomic mass is 9.97. The van der Waals surface area contributed by atoms with Crippen LogP contribution in [-0.2, 0) is 6.42 Å². The highest BCUT2D eigenvalue weighted by atomic mass is 14.8. The summed E-state index contributed by atoms with van der Waals surface area (Å²) in [6, 6.07) is 8.25. The van der Waals surface area contributed by atoms with Gasteiger partial charge in [-0.3, -0.25) is 9.97 Å². The average molecular weight is 226 g/mol. The average Bonchev–Trinajstić information content (AvgIpc) is 2.38. The lowest BCUT2D eigenvalue weighted by molar-refractivity contribution is 0.859. The van der Waals surface area contributed by atoms with Crippen molar-refractivity contribution < 1.29 is 0 Å². The highest BCUT2D eigenvalue weighted by Crippen LogP contribution is 2.27. The van der Waals surface area contributed by atoms with Gasteiger partial charge in [-0.25, -0.2) is 0 Å². The summed E-state index contributed by atoms with van der Waals surface area (Å²) in [5.41, 5.74) is 4.58. The van der Waals surface area contributed by atoms with Crippen molar-refractivity contribution in [1.29, 1.82) is 0 Å². The third kappa shape index (κ3) is 2.36. The van der Waals surface area contributed by atoms with Gasteiger partial charge in [-0.05, 0) is 35.6 Å². The van der Waals surface area contributed by atoms with Crippen LogP contribution in [0.15, 0.2) is 36.7 Å². The van der Waals surface area contributed by atoms with Gasteiger partial charge in [0.25, 0.3) is 0 Å². The zero-order valence-electron chi connectivity index (χ0n) is 10.6. The van der Waals surface area contributed by atoms with E-state index in [9.17, 15) is 0 Å². The Morgan fingerprint density at radius 1 is 1.00 bits per heavy atom. The first kappa shape index (κ1) is 11.8. The van der Waals surface area contributed by atoms with Gasteiger partial charge in [0.05, 0.1) is 11.4 Å². The molecule has 2 aromatic rings. The summed E-state index contributed by atoms with van der Waals surface area (Å²) < 4.78 is 0. The molecule has 0 spiro atoms. The van der Waals surface area contributed by atoms with Crippen LogP contribution in [0.2, 0.25) is 0 Å². The Morgan fingerprint density at radius 3 is 2.29 bits per heavy atom. The quantitative estimate of drug-likeness (QED) is 0.795. The molecule has 2 heterocycles. The number of pyridine rings is 2. The second-order valence-corrected chi connectivity index (χ2v) is 4.46. The minimum Gasteiger partial charge on any atom is -0.254 e. The Kier molecular flexibility index (Phi) is 3.52. The summed E-state index contributed by atoms with van der Waals surface area (Å²) >= 11 is 0. The van der Waals surface area contributed by atoms with Crippen LogP contribution in [0.3, 0.4) is 0 Å². The summed E-state index contributed by atoms with van der Waals surface area (Å²) in [4.78, 5) is 9.02. The molecule has 0 unspecified atom stereocenters. The maximum atomic E-state index is 4.52. The van der Waals surface area contributed by atoms with E-state index in [4.69, 9.17) is 0 Å². The monoisotopic (exact) mass is 226 g/mol. The topological polar surface area (TPSA) is 25.8 Å². The Morgan fingerprint density at radius 2 is 1.65 bits per heavy atom. The van der Waals surface area contributed by atoms with Crippen LogP contribution < -0.4 is 0 Å². The second-order valence-electron chi connectivity index (χ2n) is 4.46. The molecule has 2 nitrogen and oxygen atoms in total. The Hall–Kier alpha value is -1.70. The first-order valence-electron chi connectivity index (χ1n) is 6.13. The summed E-state index contributed by atoms with van der Waals surface area (Å²) in [5.74, 6) is 0.463. The number of aromatic nitrogens is 2. The van der Waals surface area contributed by atoms with E-state index in [1.165, 1.54) is 11.1 Å². The van der Waals surface area contributed by atoms with Gasteiger partial charge >= 0.3 is 0 Å². The van der Waals surface area contributed by atoms with E-state index in [1.807, 2.05) is 24.5 Å². The molecule has 0 aliphatic rings. The van der Waals surface area contributed by atoms with E-state index in [1.54, 1.807) is 0 Å². The zero-order valence-corrected chi connectivity index (χ0v) is 10.6. The van der Waals surface area contributed by atoms with Crippen LogP contribution in [0.1, 0.15) is 37.8 Å². The molecule has 0 amide bonds. The van der Waals surface area contributed by atoms with Crippen molar-refractivity contribution in [2.45, 2.75) is 33.1 Å². The molecule has 0 radical (unpaired) electrons. The van der Waals surface area contributed by atoms with Gasteiger partial charge in [-0.2, -0.15) is 0 Å². The summed E-state index contributed by atoms with van der Waals surface area (Å²) in [5, 5.41) is 0. The van der Waals surface area contributed by atoms with Crippen molar-refractivity contribution in [2.75, 3.05) is 0 Å². The van der Waals surface area contributed by atoms with Gasteiger partial charge in [0.1, 0.15) is 0 Å². The minimum atomic E-state index is 0.463. The lowest BCUT2D eigenvalue weighted by Gasteiger charge is -2.13. The second kappa shape index (κ2) is 5.09. The van der Waals surface area contributed by atoms with Gasteiger partial charge in [0.2, 0.25) is 0 Å². The third-order valence-electron chi connectivity index (χ3n) is 2.96. The highest BCUT2D eigenvalue weighted by Gasteiger charge is 2.12. The predicted molar refractivity (Wildman–Crippen MR) is 70.9 cm³/mol.